The van der Waals surface area contributed by atoms with E-state index in [9.17, 15) is 8.42 Å². The Labute approximate surface area is 108 Å². The highest BCUT2D eigenvalue weighted by Gasteiger charge is 2.29. The normalized spacial score (nSPS) is 16.9. The van der Waals surface area contributed by atoms with Crippen molar-refractivity contribution in [3.05, 3.63) is 24.3 Å². The average Bonchev–Trinajstić information content (AvgIpc) is 2.91. The molecule has 1 aliphatic rings. The number of nitrogens with two attached hydrogens (primary N) is 1. The zero-order chi connectivity index (χ0) is 13.0. The monoisotopic (exact) mass is 268 g/mol. The molecule has 1 aliphatic carbocycles. The lowest BCUT2D eigenvalue weighted by atomic mass is 10.3. The van der Waals surface area contributed by atoms with Crippen LogP contribution < -0.4 is 11.1 Å². The molecule has 0 saturated heterocycles. The SMILES string of the molecule is NCCNc1ccc(S(=O)(=O)C2CCCC2)cc1. The molecule has 0 radical (unpaired) electrons. The largest absolute Gasteiger partial charge is 0.384 e. The Bertz CT molecular complexity index is 476. The fourth-order valence-electron chi connectivity index (χ4n) is 2.37. The van der Waals surface area contributed by atoms with Crippen LogP contribution in [0, 0.1) is 0 Å². The Morgan fingerprint density at radius 1 is 1.17 bits per heavy atom. The molecule has 2 rings (SSSR count). The number of rotatable bonds is 5. The average molecular weight is 268 g/mol. The molecule has 0 aliphatic heterocycles. The fourth-order valence-corrected chi connectivity index (χ4v) is 4.22. The Kier molecular flexibility index (Phi) is 4.24. The van der Waals surface area contributed by atoms with E-state index in [0.29, 0.717) is 18.0 Å². The maximum absolute atomic E-state index is 12.3. The van der Waals surface area contributed by atoms with Gasteiger partial charge in [-0.25, -0.2) is 8.42 Å². The number of hydrogen-bond donors (Lipinski definition) is 2. The first kappa shape index (κ1) is 13.4. The Hall–Kier alpha value is -1.07. The minimum Gasteiger partial charge on any atom is -0.384 e. The zero-order valence-corrected chi connectivity index (χ0v) is 11.2. The first-order chi connectivity index (χ1) is 8.64. The van der Waals surface area contributed by atoms with Crippen molar-refractivity contribution in [3.63, 3.8) is 0 Å². The zero-order valence-electron chi connectivity index (χ0n) is 10.4. The third-order valence-electron chi connectivity index (χ3n) is 3.40. The van der Waals surface area contributed by atoms with E-state index >= 15 is 0 Å². The van der Waals surface area contributed by atoms with Gasteiger partial charge in [-0.2, -0.15) is 0 Å². The van der Waals surface area contributed by atoms with Gasteiger partial charge in [-0.15, -0.1) is 0 Å². The van der Waals surface area contributed by atoms with Crippen molar-refractivity contribution in [2.75, 3.05) is 18.4 Å². The lowest BCUT2D eigenvalue weighted by Gasteiger charge is -2.12. The first-order valence-corrected chi connectivity index (χ1v) is 7.97. The molecular weight excluding hydrogens is 248 g/mol. The molecule has 0 aromatic heterocycles. The molecule has 0 atom stereocenters. The lowest BCUT2D eigenvalue weighted by molar-refractivity contribution is 0.579. The minimum atomic E-state index is -3.13. The van der Waals surface area contributed by atoms with E-state index in [1.165, 1.54) is 0 Å². The molecule has 0 unspecified atom stereocenters. The summed E-state index contributed by atoms with van der Waals surface area (Å²) in [7, 11) is -3.13. The van der Waals surface area contributed by atoms with Gasteiger partial charge in [0.25, 0.3) is 0 Å². The number of sulfone groups is 1. The summed E-state index contributed by atoms with van der Waals surface area (Å²) in [6, 6.07) is 6.98. The van der Waals surface area contributed by atoms with Crippen LogP contribution in [0.4, 0.5) is 5.69 Å². The molecule has 0 amide bonds. The Morgan fingerprint density at radius 3 is 2.33 bits per heavy atom. The van der Waals surface area contributed by atoms with Crippen LogP contribution in [-0.4, -0.2) is 26.8 Å². The second-order valence-electron chi connectivity index (χ2n) is 4.69. The molecule has 1 fully saturated rings. The molecule has 1 aromatic carbocycles. The Balaban J connectivity index is 2.13. The third kappa shape index (κ3) is 2.84. The summed E-state index contributed by atoms with van der Waals surface area (Å²) in [5.74, 6) is 0. The summed E-state index contributed by atoms with van der Waals surface area (Å²) >= 11 is 0. The van der Waals surface area contributed by atoms with Crippen molar-refractivity contribution in [2.24, 2.45) is 5.73 Å². The van der Waals surface area contributed by atoms with Crippen molar-refractivity contribution < 1.29 is 8.42 Å². The fraction of sp³-hybridized carbons (Fsp3) is 0.538. The summed E-state index contributed by atoms with van der Waals surface area (Å²) in [5, 5.41) is 2.94. The molecule has 0 spiro atoms. The van der Waals surface area contributed by atoms with Crippen LogP contribution in [0.5, 0.6) is 0 Å². The van der Waals surface area contributed by atoms with Crippen molar-refractivity contribution in [1.82, 2.24) is 0 Å². The summed E-state index contributed by atoms with van der Waals surface area (Å²) in [5.41, 5.74) is 6.31. The quantitative estimate of drug-likeness (QED) is 0.853. The minimum absolute atomic E-state index is 0.180. The molecule has 1 aromatic rings. The van der Waals surface area contributed by atoms with Gasteiger partial charge >= 0.3 is 0 Å². The van der Waals surface area contributed by atoms with E-state index in [4.69, 9.17) is 5.73 Å². The number of hydrogen-bond acceptors (Lipinski definition) is 4. The highest BCUT2D eigenvalue weighted by atomic mass is 32.2. The number of anilines is 1. The first-order valence-electron chi connectivity index (χ1n) is 6.42. The van der Waals surface area contributed by atoms with Gasteiger partial charge in [-0.05, 0) is 37.1 Å². The summed E-state index contributed by atoms with van der Waals surface area (Å²) in [4.78, 5) is 0.438. The summed E-state index contributed by atoms with van der Waals surface area (Å²) < 4.78 is 24.6. The molecule has 3 N–H and O–H groups in total. The smallest absolute Gasteiger partial charge is 0.181 e. The maximum Gasteiger partial charge on any atom is 0.181 e. The molecular formula is C13H20N2O2S. The number of benzene rings is 1. The second kappa shape index (κ2) is 5.71. The van der Waals surface area contributed by atoms with E-state index in [1.54, 1.807) is 24.3 Å². The van der Waals surface area contributed by atoms with Crippen molar-refractivity contribution in [2.45, 2.75) is 35.8 Å². The molecule has 0 heterocycles. The summed E-state index contributed by atoms with van der Waals surface area (Å²) in [6.07, 6.45) is 3.66. The lowest BCUT2D eigenvalue weighted by Crippen LogP contribution is -2.18. The van der Waals surface area contributed by atoms with Crippen LogP contribution in [-0.2, 0) is 9.84 Å². The number of nitrogens with one attached hydrogen (secondary N) is 1. The maximum atomic E-state index is 12.3. The van der Waals surface area contributed by atoms with E-state index in [1.807, 2.05) is 0 Å². The molecule has 4 nitrogen and oxygen atoms in total. The van der Waals surface area contributed by atoms with E-state index in [-0.39, 0.29) is 5.25 Å². The van der Waals surface area contributed by atoms with E-state index < -0.39 is 9.84 Å². The van der Waals surface area contributed by atoms with E-state index in [2.05, 4.69) is 5.32 Å². The topological polar surface area (TPSA) is 72.2 Å². The van der Waals surface area contributed by atoms with Gasteiger partial charge in [-0.3, -0.25) is 0 Å². The van der Waals surface area contributed by atoms with Crippen LogP contribution in [0.2, 0.25) is 0 Å². The predicted molar refractivity (Wildman–Crippen MR) is 73.4 cm³/mol. The van der Waals surface area contributed by atoms with Crippen LogP contribution in [0.1, 0.15) is 25.7 Å². The van der Waals surface area contributed by atoms with Crippen molar-refractivity contribution in [1.29, 1.82) is 0 Å². The van der Waals surface area contributed by atoms with Gasteiger partial charge in [0.2, 0.25) is 0 Å². The van der Waals surface area contributed by atoms with Crippen molar-refractivity contribution in [3.8, 4) is 0 Å². The predicted octanol–water partition coefficient (Wildman–Crippen LogP) is 1.77. The van der Waals surface area contributed by atoms with Gasteiger partial charge in [0.05, 0.1) is 10.1 Å². The van der Waals surface area contributed by atoms with Crippen LogP contribution >= 0.6 is 0 Å². The van der Waals surface area contributed by atoms with Crippen LogP contribution in [0.15, 0.2) is 29.2 Å². The van der Waals surface area contributed by atoms with Gasteiger partial charge in [0.1, 0.15) is 0 Å². The standard InChI is InChI=1S/C13H20N2O2S/c14-9-10-15-11-5-7-13(8-6-11)18(16,17)12-3-1-2-4-12/h5-8,12,15H,1-4,9-10,14H2. The molecule has 0 bridgehead atoms. The highest BCUT2D eigenvalue weighted by molar-refractivity contribution is 7.92. The molecule has 100 valence electrons. The van der Waals surface area contributed by atoms with Gasteiger partial charge in [0.15, 0.2) is 9.84 Å². The van der Waals surface area contributed by atoms with Crippen LogP contribution in [0.25, 0.3) is 0 Å². The van der Waals surface area contributed by atoms with Gasteiger partial charge < -0.3 is 11.1 Å². The van der Waals surface area contributed by atoms with Gasteiger partial charge in [-0.1, -0.05) is 12.8 Å². The molecule has 5 heteroatoms. The molecule has 18 heavy (non-hydrogen) atoms. The Morgan fingerprint density at radius 2 is 1.78 bits per heavy atom. The summed E-state index contributed by atoms with van der Waals surface area (Å²) in [6.45, 7) is 1.25. The van der Waals surface area contributed by atoms with Gasteiger partial charge in [0, 0.05) is 18.8 Å². The van der Waals surface area contributed by atoms with E-state index in [0.717, 1.165) is 31.4 Å². The highest BCUT2D eigenvalue weighted by Crippen LogP contribution is 2.29. The molecule has 1 saturated carbocycles. The third-order valence-corrected chi connectivity index (χ3v) is 5.68. The van der Waals surface area contributed by atoms with Crippen LogP contribution in [0.3, 0.4) is 0 Å². The second-order valence-corrected chi connectivity index (χ2v) is 6.92. The van der Waals surface area contributed by atoms with Crippen molar-refractivity contribution >= 4 is 15.5 Å².